The van der Waals surface area contributed by atoms with E-state index in [1.54, 1.807) is 4.57 Å². The summed E-state index contributed by atoms with van der Waals surface area (Å²) < 4.78 is 12.2. The maximum atomic E-state index is 12.1. The Balaban J connectivity index is 1.52. The molecule has 0 saturated carbocycles. The van der Waals surface area contributed by atoms with E-state index >= 15 is 0 Å². The summed E-state index contributed by atoms with van der Waals surface area (Å²) >= 11 is 0. The lowest BCUT2D eigenvalue weighted by Gasteiger charge is -2.21. The summed E-state index contributed by atoms with van der Waals surface area (Å²) in [6, 6.07) is 7.68. The zero-order valence-electron chi connectivity index (χ0n) is 13.6. The molecule has 1 aliphatic rings. The summed E-state index contributed by atoms with van der Waals surface area (Å²) in [6.45, 7) is 4.32. The van der Waals surface area contributed by atoms with Gasteiger partial charge in [0.1, 0.15) is 0 Å². The SMILES string of the molecule is CCc1nc([C@H]2CCCN2CCn2c(=O)oc3ccccc32)no1. The van der Waals surface area contributed by atoms with Crippen LogP contribution in [0, 0.1) is 0 Å². The lowest BCUT2D eigenvalue weighted by molar-refractivity contribution is 0.232. The second kappa shape index (κ2) is 6.24. The number of rotatable bonds is 5. The van der Waals surface area contributed by atoms with E-state index in [9.17, 15) is 4.79 Å². The number of nitrogens with zero attached hydrogens (tertiary/aromatic N) is 4. The second-order valence-corrected chi connectivity index (χ2v) is 6.08. The van der Waals surface area contributed by atoms with Crippen LogP contribution in [0.25, 0.3) is 11.1 Å². The molecule has 3 heterocycles. The second-order valence-electron chi connectivity index (χ2n) is 6.08. The van der Waals surface area contributed by atoms with Crippen molar-refractivity contribution in [2.75, 3.05) is 13.1 Å². The van der Waals surface area contributed by atoms with Gasteiger partial charge in [-0.2, -0.15) is 4.98 Å². The van der Waals surface area contributed by atoms with Crippen molar-refractivity contribution in [3.8, 4) is 0 Å². The van der Waals surface area contributed by atoms with Crippen molar-refractivity contribution >= 4 is 11.1 Å². The summed E-state index contributed by atoms with van der Waals surface area (Å²) in [7, 11) is 0. The maximum Gasteiger partial charge on any atom is 0.419 e. The molecule has 0 unspecified atom stereocenters. The fraction of sp³-hybridized carbons (Fsp3) is 0.471. The van der Waals surface area contributed by atoms with Crippen molar-refractivity contribution in [3.05, 3.63) is 46.5 Å². The molecule has 1 aliphatic heterocycles. The summed E-state index contributed by atoms with van der Waals surface area (Å²) in [5, 5.41) is 4.12. The van der Waals surface area contributed by atoms with Gasteiger partial charge in [-0.3, -0.25) is 9.47 Å². The van der Waals surface area contributed by atoms with E-state index in [1.807, 2.05) is 31.2 Å². The smallest absolute Gasteiger partial charge is 0.408 e. The molecule has 24 heavy (non-hydrogen) atoms. The highest BCUT2D eigenvalue weighted by Gasteiger charge is 2.29. The lowest BCUT2D eigenvalue weighted by Crippen LogP contribution is -2.30. The van der Waals surface area contributed by atoms with Crippen LogP contribution in [0.4, 0.5) is 0 Å². The van der Waals surface area contributed by atoms with Gasteiger partial charge in [0.2, 0.25) is 5.89 Å². The molecule has 0 radical (unpaired) electrons. The van der Waals surface area contributed by atoms with Crippen LogP contribution in [0.5, 0.6) is 0 Å². The number of fused-ring (bicyclic) bond motifs is 1. The van der Waals surface area contributed by atoms with Gasteiger partial charge in [0, 0.05) is 19.5 Å². The van der Waals surface area contributed by atoms with Gasteiger partial charge in [0.05, 0.1) is 11.6 Å². The molecule has 2 aromatic heterocycles. The number of aryl methyl sites for hydroxylation is 1. The normalized spacial score (nSPS) is 18.6. The molecule has 0 N–H and O–H groups in total. The predicted molar refractivity (Wildman–Crippen MR) is 87.7 cm³/mol. The van der Waals surface area contributed by atoms with E-state index in [2.05, 4.69) is 15.0 Å². The summed E-state index contributed by atoms with van der Waals surface area (Å²) in [5.41, 5.74) is 1.47. The zero-order valence-corrected chi connectivity index (χ0v) is 13.6. The van der Waals surface area contributed by atoms with Crippen molar-refractivity contribution in [2.24, 2.45) is 0 Å². The van der Waals surface area contributed by atoms with Crippen molar-refractivity contribution in [3.63, 3.8) is 0 Å². The van der Waals surface area contributed by atoms with Crippen LogP contribution >= 0.6 is 0 Å². The number of benzene rings is 1. The maximum absolute atomic E-state index is 12.1. The molecule has 7 nitrogen and oxygen atoms in total. The minimum atomic E-state index is -0.306. The van der Waals surface area contributed by atoms with E-state index in [-0.39, 0.29) is 11.8 Å². The molecular formula is C17H20N4O3. The van der Waals surface area contributed by atoms with Crippen molar-refractivity contribution in [1.82, 2.24) is 19.6 Å². The molecule has 126 valence electrons. The van der Waals surface area contributed by atoms with Gasteiger partial charge >= 0.3 is 5.76 Å². The van der Waals surface area contributed by atoms with Gasteiger partial charge in [-0.25, -0.2) is 4.79 Å². The minimum Gasteiger partial charge on any atom is -0.408 e. The standard InChI is InChI=1S/C17H20N4O3/c1-2-15-18-16(19-24-15)13-7-5-9-20(13)10-11-21-12-6-3-4-8-14(12)23-17(21)22/h3-4,6,8,13H,2,5,7,9-11H2,1H3/t13-/m1/s1. The number of oxazole rings is 1. The molecule has 1 saturated heterocycles. The molecule has 0 aliphatic carbocycles. The molecule has 3 aromatic rings. The van der Waals surface area contributed by atoms with E-state index in [0.29, 0.717) is 18.0 Å². The van der Waals surface area contributed by atoms with Crippen LogP contribution in [0.1, 0.15) is 37.5 Å². The first kappa shape index (κ1) is 15.1. The summed E-state index contributed by atoms with van der Waals surface area (Å²) in [4.78, 5) is 18.9. The largest absolute Gasteiger partial charge is 0.419 e. The number of likely N-dealkylation sites (tertiary alicyclic amines) is 1. The quantitative estimate of drug-likeness (QED) is 0.715. The molecular weight excluding hydrogens is 308 g/mol. The average molecular weight is 328 g/mol. The van der Waals surface area contributed by atoms with Crippen LogP contribution in [0.3, 0.4) is 0 Å². The van der Waals surface area contributed by atoms with Crippen LogP contribution in [0.15, 0.2) is 38.0 Å². The first-order chi connectivity index (χ1) is 11.8. The fourth-order valence-corrected chi connectivity index (χ4v) is 3.39. The highest BCUT2D eigenvalue weighted by Crippen LogP contribution is 2.30. The number of hydrogen-bond acceptors (Lipinski definition) is 6. The number of para-hydroxylation sites is 2. The highest BCUT2D eigenvalue weighted by atomic mass is 16.5. The molecule has 1 aromatic carbocycles. The van der Waals surface area contributed by atoms with Crippen molar-refractivity contribution in [2.45, 2.75) is 38.8 Å². The number of aromatic nitrogens is 3. The first-order valence-electron chi connectivity index (χ1n) is 8.41. The highest BCUT2D eigenvalue weighted by molar-refractivity contribution is 5.72. The Hall–Kier alpha value is -2.41. The third-order valence-electron chi connectivity index (χ3n) is 4.63. The van der Waals surface area contributed by atoms with Crippen LogP contribution in [-0.2, 0) is 13.0 Å². The molecule has 7 heteroatoms. The Morgan fingerprint density at radius 2 is 2.17 bits per heavy atom. The van der Waals surface area contributed by atoms with Crippen LogP contribution in [0.2, 0.25) is 0 Å². The monoisotopic (exact) mass is 328 g/mol. The minimum absolute atomic E-state index is 0.169. The van der Waals surface area contributed by atoms with Crippen molar-refractivity contribution < 1.29 is 8.94 Å². The van der Waals surface area contributed by atoms with E-state index in [1.165, 1.54) is 0 Å². The van der Waals surface area contributed by atoms with Gasteiger partial charge in [-0.15, -0.1) is 0 Å². The lowest BCUT2D eigenvalue weighted by atomic mass is 10.2. The molecule has 1 atom stereocenters. The molecule has 0 amide bonds. The van der Waals surface area contributed by atoms with Crippen molar-refractivity contribution in [1.29, 1.82) is 0 Å². The Morgan fingerprint density at radius 3 is 3.00 bits per heavy atom. The van der Waals surface area contributed by atoms with Crippen LogP contribution < -0.4 is 5.76 Å². The van der Waals surface area contributed by atoms with Gasteiger partial charge in [-0.1, -0.05) is 24.2 Å². The molecule has 4 rings (SSSR count). The van der Waals surface area contributed by atoms with E-state index in [4.69, 9.17) is 8.94 Å². The number of hydrogen-bond donors (Lipinski definition) is 0. The zero-order chi connectivity index (χ0) is 16.5. The fourth-order valence-electron chi connectivity index (χ4n) is 3.39. The van der Waals surface area contributed by atoms with Gasteiger partial charge in [0.25, 0.3) is 0 Å². The molecule has 0 bridgehead atoms. The Kier molecular flexibility index (Phi) is 3.93. The first-order valence-corrected chi connectivity index (χ1v) is 8.41. The molecule has 1 fully saturated rings. The third-order valence-corrected chi connectivity index (χ3v) is 4.63. The summed E-state index contributed by atoms with van der Waals surface area (Å²) in [5.74, 6) is 1.13. The van der Waals surface area contributed by atoms with E-state index < -0.39 is 0 Å². The third kappa shape index (κ3) is 2.65. The Morgan fingerprint density at radius 1 is 1.29 bits per heavy atom. The Bertz CT molecular complexity index is 895. The van der Waals surface area contributed by atoms with Gasteiger partial charge in [0.15, 0.2) is 11.4 Å². The van der Waals surface area contributed by atoms with Gasteiger partial charge in [-0.05, 0) is 31.5 Å². The average Bonchev–Trinajstić information content (AvgIpc) is 3.30. The van der Waals surface area contributed by atoms with Gasteiger partial charge < -0.3 is 8.94 Å². The predicted octanol–water partition coefficient (Wildman–Crippen LogP) is 2.38. The molecule has 0 spiro atoms. The van der Waals surface area contributed by atoms with E-state index in [0.717, 1.165) is 43.7 Å². The van der Waals surface area contributed by atoms with Crippen LogP contribution in [-0.4, -0.2) is 32.7 Å². The summed E-state index contributed by atoms with van der Waals surface area (Å²) in [6.07, 6.45) is 2.86. The Labute approximate surface area is 138 Å². The topological polar surface area (TPSA) is 77.3 Å².